The van der Waals surface area contributed by atoms with Gasteiger partial charge in [-0.05, 0) is 36.4 Å². The Kier molecular flexibility index (Phi) is 6.47. The van der Waals surface area contributed by atoms with E-state index in [-0.39, 0.29) is 18.2 Å². The molecule has 2 rings (SSSR count). The van der Waals surface area contributed by atoms with Crippen molar-refractivity contribution in [2.75, 3.05) is 31.0 Å². The molecular formula is C18H19FN2O4. The lowest BCUT2D eigenvalue weighted by Gasteiger charge is -2.13. The lowest BCUT2D eigenvalue weighted by atomic mass is 10.2. The lowest BCUT2D eigenvalue weighted by Crippen LogP contribution is -2.14. The fourth-order valence-corrected chi connectivity index (χ4v) is 2.06. The molecule has 2 N–H and O–H groups in total. The summed E-state index contributed by atoms with van der Waals surface area (Å²) >= 11 is 0. The number of methoxy groups -OCH3 is 1. The van der Waals surface area contributed by atoms with Crippen molar-refractivity contribution in [1.82, 2.24) is 0 Å². The number of amides is 2. The first-order valence-electron chi connectivity index (χ1n) is 7.60. The molecule has 0 aliphatic rings. The molecule has 0 atom stereocenters. The molecule has 0 spiro atoms. The van der Waals surface area contributed by atoms with Crippen molar-refractivity contribution in [3.63, 3.8) is 0 Å². The maximum Gasteiger partial charge on any atom is 0.255 e. The van der Waals surface area contributed by atoms with E-state index >= 15 is 0 Å². The van der Waals surface area contributed by atoms with Crippen LogP contribution in [0.2, 0.25) is 0 Å². The summed E-state index contributed by atoms with van der Waals surface area (Å²) < 4.78 is 23.9. The van der Waals surface area contributed by atoms with Crippen LogP contribution in [0.1, 0.15) is 17.3 Å². The Morgan fingerprint density at radius 3 is 2.40 bits per heavy atom. The second-order valence-electron chi connectivity index (χ2n) is 5.19. The molecule has 0 saturated carbocycles. The second kappa shape index (κ2) is 8.79. The minimum Gasteiger partial charge on any atom is -0.489 e. The van der Waals surface area contributed by atoms with Crippen molar-refractivity contribution < 1.29 is 23.5 Å². The van der Waals surface area contributed by atoms with E-state index in [4.69, 9.17) is 9.47 Å². The molecule has 0 saturated heterocycles. The summed E-state index contributed by atoms with van der Waals surface area (Å²) in [5, 5.41) is 5.24. The van der Waals surface area contributed by atoms with E-state index in [1.54, 1.807) is 31.4 Å². The number of anilines is 2. The molecule has 0 radical (unpaired) electrons. The van der Waals surface area contributed by atoms with Crippen LogP contribution >= 0.6 is 0 Å². The second-order valence-corrected chi connectivity index (χ2v) is 5.19. The van der Waals surface area contributed by atoms with E-state index in [1.807, 2.05) is 0 Å². The number of hydrogen-bond donors (Lipinski definition) is 2. The summed E-state index contributed by atoms with van der Waals surface area (Å²) in [4.78, 5) is 23.3. The molecule has 0 heterocycles. The van der Waals surface area contributed by atoms with E-state index < -0.39 is 11.7 Å². The maximum absolute atomic E-state index is 13.5. The Balaban J connectivity index is 2.11. The number of nitrogens with one attached hydrogen (secondary N) is 2. The zero-order chi connectivity index (χ0) is 18.2. The third-order valence-corrected chi connectivity index (χ3v) is 3.20. The molecule has 2 amide bonds. The van der Waals surface area contributed by atoms with Gasteiger partial charge in [-0.3, -0.25) is 9.59 Å². The van der Waals surface area contributed by atoms with E-state index in [9.17, 15) is 14.0 Å². The minimum absolute atomic E-state index is 0.199. The first-order valence-corrected chi connectivity index (χ1v) is 7.60. The highest BCUT2D eigenvalue weighted by Gasteiger charge is 2.11. The van der Waals surface area contributed by atoms with Gasteiger partial charge in [0, 0.05) is 31.4 Å². The maximum atomic E-state index is 13.5. The topological polar surface area (TPSA) is 76.7 Å². The zero-order valence-electron chi connectivity index (χ0n) is 14.0. The third-order valence-electron chi connectivity index (χ3n) is 3.20. The number of benzene rings is 2. The van der Waals surface area contributed by atoms with E-state index in [1.165, 1.54) is 25.1 Å². The van der Waals surface area contributed by atoms with Crippen LogP contribution in [-0.4, -0.2) is 32.1 Å². The average Bonchev–Trinajstić information content (AvgIpc) is 2.57. The van der Waals surface area contributed by atoms with Gasteiger partial charge in [-0.25, -0.2) is 4.39 Å². The van der Waals surface area contributed by atoms with Crippen LogP contribution in [0.15, 0.2) is 42.5 Å². The highest BCUT2D eigenvalue weighted by molar-refractivity contribution is 6.05. The predicted molar refractivity (Wildman–Crippen MR) is 92.5 cm³/mol. The molecule has 0 aliphatic carbocycles. The number of carbonyl (C=O) groups is 2. The fourth-order valence-electron chi connectivity index (χ4n) is 2.06. The predicted octanol–water partition coefficient (Wildman–Crippen LogP) is 3.06. The highest BCUT2D eigenvalue weighted by Crippen LogP contribution is 2.26. The minimum atomic E-state index is -0.490. The molecule has 6 nitrogen and oxygen atoms in total. The van der Waals surface area contributed by atoms with Crippen LogP contribution < -0.4 is 15.4 Å². The lowest BCUT2D eigenvalue weighted by molar-refractivity contribution is -0.114. The van der Waals surface area contributed by atoms with Crippen molar-refractivity contribution in [1.29, 1.82) is 0 Å². The van der Waals surface area contributed by atoms with Gasteiger partial charge in [0.15, 0.2) is 0 Å². The Bertz CT molecular complexity index is 747. The van der Waals surface area contributed by atoms with Gasteiger partial charge in [-0.1, -0.05) is 0 Å². The molecule has 132 valence electrons. The molecule has 0 aromatic heterocycles. The van der Waals surface area contributed by atoms with Gasteiger partial charge in [0.1, 0.15) is 18.2 Å². The van der Waals surface area contributed by atoms with Crippen LogP contribution in [0, 0.1) is 5.82 Å². The summed E-state index contributed by atoms with van der Waals surface area (Å²) in [5.74, 6) is -0.761. The molecule has 0 aliphatic heterocycles. The van der Waals surface area contributed by atoms with Gasteiger partial charge in [0.25, 0.3) is 5.91 Å². The van der Waals surface area contributed by atoms with Crippen LogP contribution in [0.3, 0.4) is 0 Å². The number of hydrogen-bond acceptors (Lipinski definition) is 4. The van der Waals surface area contributed by atoms with Crippen molar-refractivity contribution in [3.8, 4) is 5.75 Å². The Labute approximate surface area is 144 Å². The number of rotatable bonds is 7. The molecule has 0 fully saturated rings. The summed E-state index contributed by atoms with van der Waals surface area (Å²) in [6.07, 6.45) is 0. The largest absolute Gasteiger partial charge is 0.489 e. The number of carbonyl (C=O) groups excluding carboxylic acids is 2. The first kappa shape index (κ1) is 18.4. The Morgan fingerprint density at radius 2 is 1.76 bits per heavy atom. The Morgan fingerprint density at radius 1 is 1.04 bits per heavy atom. The fraction of sp³-hybridized carbons (Fsp3) is 0.222. The van der Waals surface area contributed by atoms with Gasteiger partial charge in [-0.2, -0.15) is 0 Å². The quantitative estimate of drug-likeness (QED) is 0.756. The number of ether oxygens (including phenoxy) is 2. The summed E-state index contributed by atoms with van der Waals surface area (Å²) in [7, 11) is 1.54. The zero-order valence-corrected chi connectivity index (χ0v) is 14.0. The summed E-state index contributed by atoms with van der Waals surface area (Å²) in [5.41, 5.74) is 1.17. The monoisotopic (exact) mass is 346 g/mol. The molecular weight excluding hydrogens is 327 g/mol. The third kappa shape index (κ3) is 5.58. The molecule has 2 aromatic rings. The molecule has 0 bridgehead atoms. The van der Waals surface area contributed by atoms with Crippen molar-refractivity contribution in [2.45, 2.75) is 6.92 Å². The Hall–Kier alpha value is -2.93. The van der Waals surface area contributed by atoms with Gasteiger partial charge < -0.3 is 20.1 Å². The van der Waals surface area contributed by atoms with Crippen LogP contribution in [0.25, 0.3) is 0 Å². The van der Waals surface area contributed by atoms with Crippen LogP contribution in [0.5, 0.6) is 5.75 Å². The molecule has 7 heteroatoms. The molecule has 25 heavy (non-hydrogen) atoms. The van der Waals surface area contributed by atoms with Crippen molar-refractivity contribution >= 4 is 23.2 Å². The van der Waals surface area contributed by atoms with Gasteiger partial charge in [-0.15, -0.1) is 0 Å². The van der Waals surface area contributed by atoms with Gasteiger partial charge in [0.05, 0.1) is 12.3 Å². The molecule has 2 aromatic carbocycles. The summed E-state index contributed by atoms with van der Waals surface area (Å²) in [6.45, 7) is 2.04. The molecule has 0 unspecified atom stereocenters. The van der Waals surface area contributed by atoms with Crippen LogP contribution in [0.4, 0.5) is 15.8 Å². The van der Waals surface area contributed by atoms with Crippen molar-refractivity contribution in [2.24, 2.45) is 0 Å². The van der Waals surface area contributed by atoms with E-state index in [0.717, 1.165) is 0 Å². The smallest absolute Gasteiger partial charge is 0.255 e. The highest BCUT2D eigenvalue weighted by atomic mass is 19.1. The van der Waals surface area contributed by atoms with E-state index in [2.05, 4.69) is 10.6 Å². The van der Waals surface area contributed by atoms with Crippen LogP contribution in [-0.2, 0) is 9.53 Å². The first-order chi connectivity index (χ1) is 12.0. The van der Waals surface area contributed by atoms with Gasteiger partial charge >= 0.3 is 0 Å². The standard InChI is InChI=1S/C18H19FN2O4/c1-12(22)20-15-6-3-13(4-7-15)18(23)21-16-11-14(19)5-8-17(16)25-10-9-24-2/h3-8,11H,9-10H2,1-2H3,(H,20,22)(H,21,23). The van der Waals surface area contributed by atoms with E-state index in [0.29, 0.717) is 23.6 Å². The number of halogens is 1. The average molecular weight is 346 g/mol. The van der Waals surface area contributed by atoms with Crippen molar-refractivity contribution in [3.05, 3.63) is 53.8 Å². The van der Waals surface area contributed by atoms with Gasteiger partial charge in [0.2, 0.25) is 5.91 Å². The summed E-state index contributed by atoms with van der Waals surface area (Å²) in [6, 6.07) is 10.2. The normalized spacial score (nSPS) is 10.2. The SMILES string of the molecule is COCCOc1ccc(F)cc1NC(=O)c1ccc(NC(C)=O)cc1.